The van der Waals surface area contributed by atoms with E-state index in [-0.39, 0.29) is 5.41 Å². The molecular weight excluding hydrogens is 612 g/mol. The number of thiophene rings is 1. The van der Waals surface area contributed by atoms with Crippen molar-refractivity contribution in [2.45, 2.75) is 25.4 Å². The lowest BCUT2D eigenvalue weighted by Gasteiger charge is -2.41. The standard InChI is InChI=1S/C42H29FN4S/c1-42(2)32-18-19-36-37(30-12-4-6-15-35(30)48-36)39(32)47(41-33(42)13-8-20-44-41)27-10-7-9-25(23-27)38(43)26-16-17-28-29-11-3-5-14-34(29)46-22-21-45-40(46)31(28)24-26/h3-24,38H,1-2H3. The summed E-state index contributed by atoms with van der Waals surface area (Å²) in [4.78, 5) is 11.9. The zero-order valence-corrected chi connectivity index (χ0v) is 27.2. The van der Waals surface area contributed by atoms with Crippen molar-refractivity contribution in [2.75, 3.05) is 4.90 Å². The van der Waals surface area contributed by atoms with Crippen LogP contribution >= 0.6 is 11.3 Å². The molecule has 230 valence electrons. The second kappa shape index (κ2) is 9.96. The summed E-state index contributed by atoms with van der Waals surface area (Å²) >= 11 is 1.81. The van der Waals surface area contributed by atoms with Crippen molar-refractivity contribution in [2.24, 2.45) is 0 Å². The maximum absolute atomic E-state index is 16.8. The molecule has 0 amide bonds. The molecule has 0 spiro atoms. The summed E-state index contributed by atoms with van der Waals surface area (Å²) in [6, 6.07) is 39.5. The minimum absolute atomic E-state index is 0.277. The molecule has 9 aromatic rings. The van der Waals surface area contributed by atoms with E-state index in [1.807, 2.05) is 84.5 Å². The van der Waals surface area contributed by atoms with Crippen molar-refractivity contribution in [1.29, 1.82) is 0 Å². The first-order chi connectivity index (χ1) is 23.5. The summed E-state index contributed by atoms with van der Waals surface area (Å²) in [5.74, 6) is 0.879. The normalized spacial score (nSPS) is 14.6. The Bertz CT molecular complexity index is 2760. The van der Waals surface area contributed by atoms with Crippen molar-refractivity contribution in [3.05, 3.63) is 156 Å². The van der Waals surface area contributed by atoms with Gasteiger partial charge in [0.25, 0.3) is 0 Å². The van der Waals surface area contributed by atoms with Crippen molar-refractivity contribution < 1.29 is 4.39 Å². The van der Waals surface area contributed by atoms with Crippen LogP contribution in [0.15, 0.2) is 134 Å². The zero-order valence-electron chi connectivity index (χ0n) is 26.4. The maximum atomic E-state index is 16.8. The first-order valence-electron chi connectivity index (χ1n) is 16.2. The van der Waals surface area contributed by atoms with E-state index in [0.717, 1.165) is 50.1 Å². The average molecular weight is 641 g/mol. The smallest absolute Gasteiger partial charge is 0.150 e. The van der Waals surface area contributed by atoms with Gasteiger partial charge in [-0.25, -0.2) is 14.4 Å². The lowest BCUT2D eigenvalue weighted by atomic mass is 9.74. The molecule has 48 heavy (non-hydrogen) atoms. The second-order valence-corrected chi connectivity index (χ2v) is 14.3. The lowest BCUT2D eigenvalue weighted by molar-refractivity contribution is 0.402. The largest absolute Gasteiger partial charge is 0.299 e. The van der Waals surface area contributed by atoms with Crippen molar-refractivity contribution in [1.82, 2.24) is 14.4 Å². The molecule has 0 saturated heterocycles. The van der Waals surface area contributed by atoms with Crippen molar-refractivity contribution in [3.63, 3.8) is 0 Å². The van der Waals surface area contributed by atoms with E-state index in [0.29, 0.717) is 11.1 Å². The molecule has 0 radical (unpaired) electrons. The molecule has 5 heterocycles. The molecule has 4 aromatic heterocycles. The quantitative estimate of drug-likeness (QED) is 0.180. The lowest BCUT2D eigenvalue weighted by Crippen LogP contribution is -2.31. The van der Waals surface area contributed by atoms with Crippen LogP contribution in [0.1, 0.15) is 42.3 Å². The molecular formula is C42H29FN4S. The van der Waals surface area contributed by atoms with Gasteiger partial charge >= 0.3 is 0 Å². The van der Waals surface area contributed by atoms with Crippen LogP contribution in [0.2, 0.25) is 0 Å². The predicted molar refractivity (Wildman–Crippen MR) is 197 cm³/mol. The summed E-state index contributed by atoms with van der Waals surface area (Å²) in [6.07, 6.45) is 4.30. The van der Waals surface area contributed by atoms with E-state index in [9.17, 15) is 0 Å². The van der Waals surface area contributed by atoms with Gasteiger partial charge in [-0.2, -0.15) is 0 Å². The number of hydrogen-bond donors (Lipinski definition) is 0. The molecule has 5 aromatic carbocycles. The third-order valence-electron chi connectivity index (χ3n) is 10.2. The third-order valence-corrected chi connectivity index (χ3v) is 11.3. The van der Waals surface area contributed by atoms with Crippen LogP contribution in [0.25, 0.3) is 47.5 Å². The number of halogens is 1. The number of fused-ring (bicyclic) bond motifs is 12. The van der Waals surface area contributed by atoms with Crippen LogP contribution in [0.3, 0.4) is 0 Å². The maximum Gasteiger partial charge on any atom is 0.150 e. The topological polar surface area (TPSA) is 33.4 Å². The first kappa shape index (κ1) is 27.5. The summed E-state index contributed by atoms with van der Waals surface area (Å²) < 4.78 is 21.4. The highest BCUT2D eigenvalue weighted by atomic mass is 32.1. The van der Waals surface area contributed by atoms with Gasteiger partial charge in [-0.1, -0.05) is 86.6 Å². The van der Waals surface area contributed by atoms with Crippen LogP contribution < -0.4 is 4.90 Å². The molecule has 10 rings (SSSR count). The van der Waals surface area contributed by atoms with Gasteiger partial charge in [0.1, 0.15) is 11.5 Å². The third kappa shape index (κ3) is 3.75. The Balaban J connectivity index is 1.17. The number of aromatic nitrogens is 3. The Kier molecular flexibility index (Phi) is 5.71. The van der Waals surface area contributed by atoms with Gasteiger partial charge in [-0.3, -0.25) is 9.30 Å². The number of para-hydroxylation sites is 1. The zero-order chi connectivity index (χ0) is 32.1. The summed E-state index contributed by atoms with van der Waals surface area (Å²) in [5.41, 5.74) is 7.21. The molecule has 0 bridgehead atoms. The molecule has 0 fully saturated rings. The van der Waals surface area contributed by atoms with E-state index >= 15 is 4.39 Å². The van der Waals surface area contributed by atoms with Crippen molar-refractivity contribution >= 4 is 76.0 Å². The Morgan fingerprint density at radius 3 is 2.42 bits per heavy atom. The van der Waals surface area contributed by atoms with E-state index in [4.69, 9.17) is 4.98 Å². The Morgan fingerprint density at radius 1 is 0.667 bits per heavy atom. The number of alkyl halides is 1. The molecule has 0 N–H and O–H groups in total. The van der Waals surface area contributed by atoms with Gasteiger partial charge in [0.15, 0.2) is 6.17 Å². The SMILES string of the molecule is CC1(C)c2cccnc2N(c2cccc(C(F)c3ccc4c5ccccc5n5ccnc5c4c3)c2)c2c1ccc1sc3ccccc3c21. The number of nitrogens with zero attached hydrogens (tertiary/aromatic N) is 4. The van der Waals surface area contributed by atoms with E-state index in [2.05, 4.69) is 88.8 Å². The van der Waals surface area contributed by atoms with Crippen molar-refractivity contribution in [3.8, 4) is 0 Å². The molecule has 6 heteroatoms. The van der Waals surface area contributed by atoms with Gasteiger partial charge in [0.2, 0.25) is 0 Å². The number of rotatable bonds is 3. The second-order valence-electron chi connectivity index (χ2n) is 13.2. The fraction of sp³-hybridized carbons (Fsp3) is 0.0952. The van der Waals surface area contributed by atoms with E-state index in [1.54, 1.807) is 0 Å². The van der Waals surface area contributed by atoms with Crippen LogP contribution in [0, 0.1) is 0 Å². The Hall–Kier alpha value is -5.59. The van der Waals surface area contributed by atoms with Gasteiger partial charge in [-0.05, 0) is 64.5 Å². The molecule has 1 aliphatic heterocycles. The number of benzene rings is 5. The number of anilines is 3. The Labute approximate surface area is 280 Å². The molecule has 1 atom stereocenters. The van der Waals surface area contributed by atoms with Gasteiger partial charge in [-0.15, -0.1) is 11.3 Å². The summed E-state index contributed by atoms with van der Waals surface area (Å²) in [6.45, 7) is 4.55. The highest BCUT2D eigenvalue weighted by Gasteiger charge is 2.39. The minimum atomic E-state index is -1.34. The van der Waals surface area contributed by atoms with Crippen LogP contribution in [-0.2, 0) is 5.41 Å². The Morgan fingerprint density at radius 2 is 1.50 bits per heavy atom. The van der Waals surface area contributed by atoms with Gasteiger partial charge in [0, 0.05) is 66.2 Å². The van der Waals surface area contributed by atoms with Gasteiger partial charge in [0.05, 0.1) is 11.2 Å². The van der Waals surface area contributed by atoms with Crippen LogP contribution in [0.5, 0.6) is 0 Å². The highest BCUT2D eigenvalue weighted by molar-refractivity contribution is 7.26. The molecule has 4 nitrogen and oxygen atoms in total. The average Bonchev–Trinajstić information content (AvgIpc) is 3.77. The van der Waals surface area contributed by atoms with Crippen LogP contribution in [-0.4, -0.2) is 14.4 Å². The van der Waals surface area contributed by atoms with Gasteiger partial charge < -0.3 is 0 Å². The van der Waals surface area contributed by atoms with Crippen LogP contribution in [0.4, 0.5) is 21.6 Å². The monoisotopic (exact) mass is 640 g/mol. The molecule has 1 aliphatic rings. The van der Waals surface area contributed by atoms with E-state index in [1.165, 1.54) is 25.7 Å². The first-order valence-corrected chi connectivity index (χ1v) is 17.0. The summed E-state index contributed by atoms with van der Waals surface area (Å²) in [5, 5.41) is 5.56. The molecule has 1 unspecified atom stereocenters. The minimum Gasteiger partial charge on any atom is -0.299 e. The number of imidazole rings is 1. The number of hydrogen-bond acceptors (Lipinski definition) is 4. The predicted octanol–water partition coefficient (Wildman–Crippen LogP) is 11.6. The number of pyridine rings is 2. The fourth-order valence-corrected chi connectivity index (χ4v) is 8.97. The highest BCUT2D eigenvalue weighted by Crippen LogP contribution is 2.55. The fourth-order valence-electron chi connectivity index (χ4n) is 7.86. The summed E-state index contributed by atoms with van der Waals surface area (Å²) in [7, 11) is 0. The molecule has 0 aliphatic carbocycles. The van der Waals surface area contributed by atoms with E-state index < -0.39 is 6.17 Å². The molecule has 0 saturated carbocycles.